The van der Waals surface area contributed by atoms with Gasteiger partial charge in [0.25, 0.3) is 0 Å². The second-order valence-electron chi connectivity index (χ2n) is 7.18. The second-order valence-corrected chi connectivity index (χ2v) is 8.16. The number of ether oxygens (including phenoxy) is 1. The Morgan fingerprint density at radius 2 is 1.90 bits per heavy atom. The Labute approximate surface area is 174 Å². The van der Waals surface area contributed by atoms with Crippen LogP contribution in [0.2, 0.25) is 0 Å². The molecule has 0 unspecified atom stereocenters. The normalized spacial score (nSPS) is 16.4. The third-order valence-electron chi connectivity index (χ3n) is 5.09. The molecule has 8 nitrogen and oxygen atoms in total. The van der Waals surface area contributed by atoms with Crippen LogP contribution in [0.5, 0.6) is 0 Å². The highest BCUT2D eigenvalue weighted by Crippen LogP contribution is 2.36. The number of benzene rings is 1. The van der Waals surface area contributed by atoms with Gasteiger partial charge >= 0.3 is 11.8 Å². The maximum atomic E-state index is 12.5. The highest BCUT2D eigenvalue weighted by Gasteiger charge is 2.26. The van der Waals surface area contributed by atoms with Crippen LogP contribution >= 0.6 is 11.8 Å². The van der Waals surface area contributed by atoms with Crippen molar-refractivity contribution in [2.45, 2.75) is 18.4 Å². The molecule has 1 aromatic carbocycles. The number of aryl methyl sites for hydroxylation is 1. The Morgan fingerprint density at radius 3 is 2.66 bits per heavy atom. The lowest BCUT2D eigenvalue weighted by atomic mass is 10.2. The molecule has 1 saturated heterocycles. The number of nitrogens with zero attached hydrogens (tertiary/aromatic N) is 3. The van der Waals surface area contributed by atoms with Gasteiger partial charge in [0, 0.05) is 43.2 Å². The average molecular weight is 416 g/mol. The van der Waals surface area contributed by atoms with E-state index in [4.69, 9.17) is 4.74 Å². The van der Waals surface area contributed by atoms with E-state index in [1.54, 1.807) is 16.4 Å². The van der Waals surface area contributed by atoms with Crippen molar-refractivity contribution < 1.29 is 14.3 Å². The molecule has 154 valence electrons. The fourth-order valence-corrected chi connectivity index (χ4v) is 4.45. The lowest BCUT2D eigenvalue weighted by molar-refractivity contribution is -0.136. The molecule has 0 bridgehead atoms. The number of amides is 2. The molecule has 29 heavy (non-hydrogen) atoms. The van der Waals surface area contributed by atoms with Crippen molar-refractivity contribution in [1.82, 2.24) is 20.0 Å². The summed E-state index contributed by atoms with van der Waals surface area (Å²) in [4.78, 5) is 27.0. The summed E-state index contributed by atoms with van der Waals surface area (Å²) >= 11 is 1.75. The molecular formula is C20H25N5O3S. The topological polar surface area (TPSA) is 88.5 Å². The lowest BCUT2D eigenvalue weighted by Gasteiger charge is -2.26. The van der Waals surface area contributed by atoms with Gasteiger partial charge in [-0.1, -0.05) is 17.7 Å². The number of carbonyl (C=O) groups excluding carboxylic acids is 2. The van der Waals surface area contributed by atoms with Crippen LogP contribution in [0.4, 0.5) is 5.82 Å². The number of hydrogen-bond acceptors (Lipinski definition) is 6. The van der Waals surface area contributed by atoms with Gasteiger partial charge in [0.15, 0.2) is 0 Å². The number of rotatable bonds is 5. The van der Waals surface area contributed by atoms with Crippen molar-refractivity contribution in [2.24, 2.45) is 0 Å². The Balaban J connectivity index is 1.42. The van der Waals surface area contributed by atoms with E-state index in [1.165, 1.54) is 0 Å². The van der Waals surface area contributed by atoms with Crippen molar-refractivity contribution in [3.05, 3.63) is 41.1 Å². The van der Waals surface area contributed by atoms with Gasteiger partial charge in [-0.15, -0.1) is 0 Å². The summed E-state index contributed by atoms with van der Waals surface area (Å²) in [5.41, 5.74) is 3.95. The van der Waals surface area contributed by atoms with E-state index in [9.17, 15) is 9.59 Å². The first-order chi connectivity index (χ1) is 14.1. The quantitative estimate of drug-likeness (QED) is 0.716. The summed E-state index contributed by atoms with van der Waals surface area (Å²) in [5, 5.41) is 10.2. The van der Waals surface area contributed by atoms with Crippen molar-refractivity contribution in [2.75, 3.05) is 44.7 Å². The predicted octanol–water partition coefficient (Wildman–Crippen LogP) is 1.31. The molecule has 0 aliphatic carbocycles. The number of hydrogen-bond donors (Lipinski definition) is 2. The van der Waals surface area contributed by atoms with Crippen LogP contribution in [0.3, 0.4) is 0 Å². The number of anilines is 1. The van der Waals surface area contributed by atoms with Crippen molar-refractivity contribution in [3.8, 4) is 5.69 Å². The number of nitrogens with one attached hydrogen (secondary N) is 2. The fraction of sp³-hybridized carbons (Fsp3) is 0.450. The fourth-order valence-electron chi connectivity index (χ4n) is 3.41. The van der Waals surface area contributed by atoms with Gasteiger partial charge in [0.05, 0.1) is 24.6 Å². The first-order valence-corrected chi connectivity index (χ1v) is 10.9. The van der Waals surface area contributed by atoms with Gasteiger partial charge in [-0.3, -0.25) is 14.5 Å². The molecule has 2 N–H and O–H groups in total. The number of thioether (sulfide) groups is 1. The summed E-state index contributed by atoms with van der Waals surface area (Å²) in [6, 6.07) is 7.92. The minimum absolute atomic E-state index is 0.428. The average Bonchev–Trinajstić information content (AvgIpc) is 3.32. The van der Waals surface area contributed by atoms with Gasteiger partial charge in [0.1, 0.15) is 5.82 Å². The molecule has 2 aliphatic heterocycles. The molecule has 0 atom stereocenters. The Hall–Kier alpha value is -2.36. The highest BCUT2D eigenvalue weighted by molar-refractivity contribution is 7.98. The number of fused-ring (bicyclic) bond motifs is 1. The van der Waals surface area contributed by atoms with Gasteiger partial charge < -0.3 is 15.4 Å². The van der Waals surface area contributed by atoms with Crippen LogP contribution < -0.4 is 10.6 Å². The molecule has 2 aromatic rings. The van der Waals surface area contributed by atoms with E-state index in [2.05, 4.69) is 20.6 Å². The first kappa shape index (κ1) is 19.9. The molecule has 1 aromatic heterocycles. The van der Waals surface area contributed by atoms with Crippen LogP contribution in [0.1, 0.15) is 16.8 Å². The predicted molar refractivity (Wildman–Crippen MR) is 112 cm³/mol. The minimum atomic E-state index is -0.667. The summed E-state index contributed by atoms with van der Waals surface area (Å²) in [7, 11) is 0. The third-order valence-corrected chi connectivity index (χ3v) is 6.06. The highest BCUT2D eigenvalue weighted by atomic mass is 32.2. The van der Waals surface area contributed by atoms with Gasteiger partial charge in [-0.2, -0.15) is 16.9 Å². The van der Waals surface area contributed by atoms with E-state index in [0.717, 1.165) is 47.1 Å². The van der Waals surface area contributed by atoms with E-state index in [0.29, 0.717) is 32.1 Å². The monoisotopic (exact) mass is 415 g/mol. The second kappa shape index (κ2) is 8.98. The summed E-state index contributed by atoms with van der Waals surface area (Å²) in [6.07, 6.45) is 0. The molecule has 0 saturated carbocycles. The van der Waals surface area contributed by atoms with Crippen LogP contribution in [-0.2, 0) is 25.8 Å². The molecule has 1 fully saturated rings. The molecular weight excluding hydrogens is 390 g/mol. The van der Waals surface area contributed by atoms with Crippen LogP contribution in [0, 0.1) is 6.92 Å². The maximum absolute atomic E-state index is 12.5. The van der Waals surface area contributed by atoms with Crippen LogP contribution in [0.25, 0.3) is 5.69 Å². The van der Waals surface area contributed by atoms with E-state index in [1.807, 2.05) is 31.2 Å². The summed E-state index contributed by atoms with van der Waals surface area (Å²) in [6.45, 7) is 6.27. The SMILES string of the molecule is Cc1ccc(-n2nc3c(c2NC(=O)C(=O)NCCN2CCOCC2)CSC3)cc1. The van der Waals surface area contributed by atoms with Gasteiger partial charge in [-0.25, -0.2) is 4.68 Å². The zero-order valence-electron chi connectivity index (χ0n) is 16.4. The van der Waals surface area contributed by atoms with Crippen molar-refractivity contribution in [1.29, 1.82) is 0 Å². The zero-order valence-corrected chi connectivity index (χ0v) is 17.3. The molecule has 0 radical (unpaired) electrons. The smallest absolute Gasteiger partial charge is 0.314 e. The van der Waals surface area contributed by atoms with Gasteiger partial charge in [-0.05, 0) is 19.1 Å². The molecule has 3 heterocycles. The zero-order chi connectivity index (χ0) is 20.2. The molecule has 0 spiro atoms. The Bertz CT molecular complexity index is 890. The lowest BCUT2D eigenvalue weighted by Crippen LogP contribution is -2.43. The van der Waals surface area contributed by atoms with Crippen LogP contribution in [-0.4, -0.2) is 65.9 Å². The molecule has 4 rings (SSSR count). The first-order valence-electron chi connectivity index (χ1n) is 9.76. The summed E-state index contributed by atoms with van der Waals surface area (Å²) in [5.74, 6) is 0.870. The Morgan fingerprint density at radius 1 is 1.14 bits per heavy atom. The van der Waals surface area contributed by atoms with E-state index < -0.39 is 11.8 Å². The number of morpholine rings is 1. The van der Waals surface area contributed by atoms with Crippen molar-refractivity contribution >= 4 is 29.4 Å². The number of carbonyl (C=O) groups is 2. The van der Waals surface area contributed by atoms with E-state index in [-0.39, 0.29) is 0 Å². The molecule has 2 amide bonds. The van der Waals surface area contributed by atoms with Crippen molar-refractivity contribution in [3.63, 3.8) is 0 Å². The van der Waals surface area contributed by atoms with Gasteiger partial charge in [0.2, 0.25) is 0 Å². The summed E-state index contributed by atoms with van der Waals surface area (Å²) < 4.78 is 7.04. The third kappa shape index (κ3) is 4.63. The minimum Gasteiger partial charge on any atom is -0.379 e. The molecule has 2 aliphatic rings. The van der Waals surface area contributed by atoms with E-state index >= 15 is 0 Å². The Kier molecular flexibility index (Phi) is 6.17. The van der Waals surface area contributed by atoms with Crippen LogP contribution in [0.15, 0.2) is 24.3 Å². The molecule has 9 heteroatoms. The number of aromatic nitrogens is 2. The maximum Gasteiger partial charge on any atom is 0.314 e. The standard InChI is InChI=1S/C20H25N5O3S/c1-14-2-4-15(5-3-14)25-18(16-12-29-13-17(16)23-25)22-20(27)19(26)21-6-7-24-8-10-28-11-9-24/h2-5H,6-13H2,1H3,(H,21,26)(H,22,27). The largest absolute Gasteiger partial charge is 0.379 e.